The normalized spacial score (nSPS) is 14.1. The third kappa shape index (κ3) is 4.99. The molecule has 2 aromatic rings. The summed E-state index contributed by atoms with van der Waals surface area (Å²) in [6.07, 6.45) is 1.49. The quantitative estimate of drug-likeness (QED) is 0.782. The smallest absolute Gasteiger partial charge is 0.226 e. The summed E-state index contributed by atoms with van der Waals surface area (Å²) in [4.78, 5) is 18.8. The molecule has 6 nitrogen and oxygen atoms in total. The minimum absolute atomic E-state index is 0.0267. The van der Waals surface area contributed by atoms with E-state index < -0.39 is 0 Å². The lowest BCUT2D eigenvalue weighted by atomic mass is 9.98. The van der Waals surface area contributed by atoms with Gasteiger partial charge in [0.25, 0.3) is 0 Å². The molecule has 27 heavy (non-hydrogen) atoms. The van der Waals surface area contributed by atoms with Crippen LogP contribution in [0, 0.1) is 5.92 Å². The van der Waals surface area contributed by atoms with E-state index >= 15 is 0 Å². The number of hydrogen-bond acceptors (Lipinski definition) is 6. The van der Waals surface area contributed by atoms with Crippen molar-refractivity contribution in [2.75, 3.05) is 26.1 Å². The van der Waals surface area contributed by atoms with Crippen molar-refractivity contribution in [3.8, 4) is 11.5 Å². The summed E-state index contributed by atoms with van der Waals surface area (Å²) in [5.41, 5.74) is 3.56. The second-order valence-corrected chi connectivity index (χ2v) is 8.08. The van der Waals surface area contributed by atoms with Gasteiger partial charge < -0.3 is 14.8 Å². The van der Waals surface area contributed by atoms with Crippen molar-refractivity contribution in [2.24, 2.45) is 5.92 Å². The van der Waals surface area contributed by atoms with Gasteiger partial charge in [0.15, 0.2) is 16.6 Å². The van der Waals surface area contributed by atoms with Crippen LogP contribution in [0.4, 0.5) is 5.13 Å². The zero-order valence-corrected chi connectivity index (χ0v) is 17.2. The van der Waals surface area contributed by atoms with E-state index in [0.717, 1.165) is 43.2 Å². The number of carbonyl (C=O) groups is 1. The molecule has 0 atom stereocenters. The molecule has 7 heteroatoms. The molecule has 0 bridgehead atoms. The number of rotatable bonds is 7. The predicted molar refractivity (Wildman–Crippen MR) is 108 cm³/mol. The Balaban J connectivity index is 1.62. The fraction of sp³-hybridized carbons (Fsp3) is 0.500. The summed E-state index contributed by atoms with van der Waals surface area (Å²) in [6, 6.07) is 4.15. The highest BCUT2D eigenvalue weighted by Crippen LogP contribution is 2.33. The predicted octanol–water partition coefficient (Wildman–Crippen LogP) is 3.70. The summed E-state index contributed by atoms with van der Waals surface area (Å²) in [5.74, 6) is 1.92. The van der Waals surface area contributed by atoms with Gasteiger partial charge in [-0.1, -0.05) is 13.8 Å². The number of ether oxygens (including phenoxy) is 2. The van der Waals surface area contributed by atoms with E-state index in [1.165, 1.54) is 22.5 Å². The number of carbonyl (C=O) groups excluding carboxylic acids is 1. The number of fused-ring (bicyclic) bond motifs is 1. The second kappa shape index (κ2) is 8.71. The van der Waals surface area contributed by atoms with Crippen molar-refractivity contribution < 1.29 is 14.3 Å². The lowest BCUT2D eigenvalue weighted by molar-refractivity contribution is -0.116. The number of amides is 1. The monoisotopic (exact) mass is 389 g/mol. The van der Waals surface area contributed by atoms with Crippen LogP contribution in [0.2, 0.25) is 0 Å². The molecule has 0 aliphatic carbocycles. The molecule has 0 radical (unpaired) electrons. The maximum absolute atomic E-state index is 11.9. The van der Waals surface area contributed by atoms with Crippen molar-refractivity contribution in [3.05, 3.63) is 34.3 Å². The van der Waals surface area contributed by atoms with Gasteiger partial charge in [-0.25, -0.2) is 4.98 Å². The first-order valence-corrected chi connectivity index (χ1v) is 10.1. The second-order valence-electron chi connectivity index (χ2n) is 7.23. The standard InChI is InChI=1S/C20H27N3O3S/c1-13(2)7-19(24)22-20-21-16(12-27-20)11-23-6-5-14-8-17(25-3)18(26-4)9-15(14)10-23/h8-9,12-13H,5-7,10-11H2,1-4H3,(H,21,22,24). The summed E-state index contributed by atoms with van der Waals surface area (Å²) in [7, 11) is 3.33. The van der Waals surface area contributed by atoms with Crippen LogP contribution in [0.1, 0.15) is 37.1 Å². The molecule has 1 aliphatic rings. The fourth-order valence-electron chi connectivity index (χ4n) is 3.28. The summed E-state index contributed by atoms with van der Waals surface area (Å²) in [5, 5.41) is 5.60. The van der Waals surface area contributed by atoms with Crippen molar-refractivity contribution in [2.45, 2.75) is 39.8 Å². The van der Waals surface area contributed by atoms with Crippen molar-refractivity contribution >= 4 is 22.4 Å². The van der Waals surface area contributed by atoms with Crippen LogP contribution in [0.25, 0.3) is 0 Å². The summed E-state index contributed by atoms with van der Waals surface area (Å²) >= 11 is 1.48. The Morgan fingerprint density at radius 3 is 2.63 bits per heavy atom. The molecule has 0 saturated heterocycles. The van der Waals surface area contributed by atoms with Crippen LogP contribution >= 0.6 is 11.3 Å². The molecule has 0 spiro atoms. The highest BCUT2D eigenvalue weighted by Gasteiger charge is 2.20. The third-order valence-electron chi connectivity index (χ3n) is 4.57. The van der Waals surface area contributed by atoms with Crippen LogP contribution < -0.4 is 14.8 Å². The van der Waals surface area contributed by atoms with Gasteiger partial charge in [-0.05, 0) is 35.6 Å². The minimum atomic E-state index is 0.0267. The number of anilines is 1. The van der Waals surface area contributed by atoms with Crippen molar-refractivity contribution in [3.63, 3.8) is 0 Å². The number of nitrogens with zero attached hydrogens (tertiary/aromatic N) is 2. The van der Waals surface area contributed by atoms with E-state index in [4.69, 9.17) is 9.47 Å². The Kier molecular flexibility index (Phi) is 6.34. The number of hydrogen-bond donors (Lipinski definition) is 1. The Morgan fingerprint density at radius 1 is 1.26 bits per heavy atom. The minimum Gasteiger partial charge on any atom is -0.493 e. The number of nitrogens with one attached hydrogen (secondary N) is 1. The van der Waals surface area contributed by atoms with Gasteiger partial charge in [0.1, 0.15) is 0 Å². The Morgan fingerprint density at radius 2 is 1.96 bits per heavy atom. The molecular weight excluding hydrogens is 362 g/mol. The maximum Gasteiger partial charge on any atom is 0.226 e. The molecule has 3 rings (SSSR count). The van der Waals surface area contributed by atoms with E-state index in [2.05, 4.69) is 27.3 Å². The first-order chi connectivity index (χ1) is 13.0. The topological polar surface area (TPSA) is 63.7 Å². The molecule has 1 aromatic carbocycles. The molecule has 1 amide bonds. The largest absolute Gasteiger partial charge is 0.493 e. The van der Waals surface area contributed by atoms with Gasteiger partial charge in [-0.15, -0.1) is 11.3 Å². The lowest BCUT2D eigenvalue weighted by Crippen LogP contribution is -2.30. The van der Waals surface area contributed by atoms with Gasteiger partial charge >= 0.3 is 0 Å². The first kappa shape index (κ1) is 19.6. The highest BCUT2D eigenvalue weighted by molar-refractivity contribution is 7.13. The van der Waals surface area contributed by atoms with E-state index in [0.29, 0.717) is 17.5 Å². The van der Waals surface area contributed by atoms with E-state index in [1.807, 2.05) is 19.2 Å². The molecule has 0 unspecified atom stereocenters. The highest BCUT2D eigenvalue weighted by atomic mass is 32.1. The van der Waals surface area contributed by atoms with Crippen LogP contribution in [0.3, 0.4) is 0 Å². The zero-order chi connectivity index (χ0) is 19.4. The number of benzene rings is 1. The van der Waals surface area contributed by atoms with Gasteiger partial charge in [-0.2, -0.15) is 0 Å². The maximum atomic E-state index is 11.9. The molecule has 1 aliphatic heterocycles. The first-order valence-electron chi connectivity index (χ1n) is 9.19. The zero-order valence-electron chi connectivity index (χ0n) is 16.4. The molecule has 146 valence electrons. The Labute approximate surface area is 164 Å². The number of methoxy groups -OCH3 is 2. The lowest BCUT2D eigenvalue weighted by Gasteiger charge is -2.29. The van der Waals surface area contributed by atoms with Gasteiger partial charge in [0.2, 0.25) is 5.91 Å². The number of thiazole rings is 1. The van der Waals surface area contributed by atoms with Crippen LogP contribution in [-0.2, 0) is 24.3 Å². The summed E-state index contributed by atoms with van der Waals surface area (Å²) < 4.78 is 10.8. The van der Waals surface area contributed by atoms with Crippen molar-refractivity contribution in [1.29, 1.82) is 0 Å². The van der Waals surface area contributed by atoms with E-state index in [1.54, 1.807) is 14.2 Å². The summed E-state index contributed by atoms with van der Waals surface area (Å²) in [6.45, 7) is 6.65. The van der Waals surface area contributed by atoms with Crippen LogP contribution in [0.5, 0.6) is 11.5 Å². The van der Waals surface area contributed by atoms with E-state index in [-0.39, 0.29) is 5.91 Å². The average molecular weight is 390 g/mol. The molecule has 1 aromatic heterocycles. The Bertz CT molecular complexity index is 804. The Hall–Kier alpha value is -2.12. The molecule has 0 saturated carbocycles. The molecular formula is C20H27N3O3S. The molecule has 1 N–H and O–H groups in total. The SMILES string of the molecule is COc1cc2c(cc1OC)CN(Cc1csc(NC(=O)CC(C)C)n1)CC2. The van der Waals surface area contributed by atoms with E-state index in [9.17, 15) is 4.79 Å². The number of aromatic nitrogens is 1. The molecule has 0 fully saturated rings. The van der Waals surface area contributed by atoms with Gasteiger partial charge in [-0.3, -0.25) is 9.69 Å². The van der Waals surface area contributed by atoms with Gasteiger partial charge in [0.05, 0.1) is 19.9 Å². The van der Waals surface area contributed by atoms with Crippen LogP contribution in [-0.4, -0.2) is 36.6 Å². The fourth-order valence-corrected chi connectivity index (χ4v) is 4.00. The third-order valence-corrected chi connectivity index (χ3v) is 5.38. The van der Waals surface area contributed by atoms with Gasteiger partial charge in [0, 0.05) is 31.4 Å². The average Bonchev–Trinajstić information content (AvgIpc) is 3.06. The molecule has 2 heterocycles. The van der Waals surface area contributed by atoms with Crippen LogP contribution in [0.15, 0.2) is 17.5 Å². The van der Waals surface area contributed by atoms with Crippen molar-refractivity contribution in [1.82, 2.24) is 9.88 Å².